The molecule has 0 unspecified atom stereocenters. The smallest absolute Gasteiger partial charge is 0.227 e. The molecule has 7 N–H and O–H groups in total. The third-order valence-corrected chi connectivity index (χ3v) is 2.45. The third kappa shape index (κ3) is 5.01. The number of nitrogens with one attached hydrogen (secondary N) is 1. The lowest BCUT2D eigenvalue weighted by Crippen LogP contribution is -2.26. The van der Waals surface area contributed by atoms with Crippen LogP contribution < -0.4 is 27.3 Å². The van der Waals surface area contributed by atoms with Crippen molar-refractivity contribution in [1.82, 2.24) is 0 Å². The summed E-state index contributed by atoms with van der Waals surface area (Å²) in [5.74, 6) is -0.0303. The van der Waals surface area contributed by atoms with Gasteiger partial charge in [-0.2, -0.15) is 4.99 Å². The van der Waals surface area contributed by atoms with Crippen molar-refractivity contribution in [1.29, 1.82) is 0 Å². The number of hydrogen-bond donors (Lipinski definition) is 4. The Morgan fingerprint density at radius 2 is 1.95 bits per heavy atom. The van der Waals surface area contributed by atoms with Gasteiger partial charge in [0.2, 0.25) is 11.9 Å². The average molecular weight is 292 g/mol. The van der Waals surface area contributed by atoms with Gasteiger partial charge in [-0.05, 0) is 12.1 Å². The van der Waals surface area contributed by atoms with Gasteiger partial charge in [-0.25, -0.2) is 4.99 Å². The van der Waals surface area contributed by atoms with Gasteiger partial charge >= 0.3 is 0 Å². The summed E-state index contributed by atoms with van der Waals surface area (Å²) >= 11 is 0. The molecule has 8 heteroatoms. The molecular formula is C13H20N6O2. The molecule has 1 rings (SSSR count). The summed E-state index contributed by atoms with van der Waals surface area (Å²) in [6.45, 7) is 3.60. The van der Waals surface area contributed by atoms with Crippen LogP contribution in [0.2, 0.25) is 0 Å². The Morgan fingerprint density at radius 1 is 1.29 bits per heavy atom. The molecule has 1 aromatic carbocycles. The van der Waals surface area contributed by atoms with Gasteiger partial charge < -0.3 is 27.3 Å². The predicted molar refractivity (Wildman–Crippen MR) is 83.6 cm³/mol. The van der Waals surface area contributed by atoms with Gasteiger partial charge in [0.25, 0.3) is 0 Å². The van der Waals surface area contributed by atoms with Crippen LogP contribution in [0.25, 0.3) is 0 Å². The molecule has 0 aliphatic rings. The molecule has 0 bridgehead atoms. The van der Waals surface area contributed by atoms with Gasteiger partial charge in [0.15, 0.2) is 5.96 Å². The van der Waals surface area contributed by atoms with Crippen molar-refractivity contribution in [3.05, 3.63) is 18.2 Å². The number of nitrogens with two attached hydrogens (primary N) is 3. The van der Waals surface area contributed by atoms with Crippen LogP contribution in [-0.4, -0.2) is 24.9 Å². The van der Waals surface area contributed by atoms with Crippen molar-refractivity contribution >= 4 is 29.2 Å². The molecule has 0 fully saturated rings. The highest BCUT2D eigenvalue weighted by Gasteiger charge is 2.11. The fourth-order valence-corrected chi connectivity index (χ4v) is 1.42. The summed E-state index contributed by atoms with van der Waals surface area (Å²) in [4.78, 5) is 19.3. The Kier molecular flexibility index (Phi) is 5.53. The van der Waals surface area contributed by atoms with E-state index in [2.05, 4.69) is 15.3 Å². The normalized spacial score (nSPS) is 11.1. The zero-order valence-corrected chi connectivity index (χ0v) is 12.3. The Bertz CT molecular complexity index is 576. The molecule has 0 saturated heterocycles. The molecule has 0 saturated carbocycles. The van der Waals surface area contributed by atoms with Crippen LogP contribution in [0.4, 0.5) is 11.4 Å². The predicted octanol–water partition coefficient (Wildman–Crippen LogP) is 0.509. The van der Waals surface area contributed by atoms with Crippen LogP contribution in [0.3, 0.4) is 0 Å². The average Bonchev–Trinajstić information content (AvgIpc) is 2.39. The third-order valence-electron chi connectivity index (χ3n) is 2.45. The van der Waals surface area contributed by atoms with E-state index in [0.717, 1.165) is 0 Å². The van der Waals surface area contributed by atoms with E-state index < -0.39 is 0 Å². The van der Waals surface area contributed by atoms with E-state index in [9.17, 15) is 4.79 Å². The first kappa shape index (κ1) is 16.3. The Morgan fingerprint density at radius 3 is 2.48 bits per heavy atom. The largest absolute Gasteiger partial charge is 0.494 e. The first-order valence-electron chi connectivity index (χ1n) is 6.26. The summed E-state index contributed by atoms with van der Waals surface area (Å²) in [5, 5.41) is 2.76. The molecule has 21 heavy (non-hydrogen) atoms. The highest BCUT2D eigenvalue weighted by Crippen LogP contribution is 2.29. The minimum Gasteiger partial charge on any atom is -0.494 e. The summed E-state index contributed by atoms with van der Waals surface area (Å²) in [5.41, 5.74) is 17.0. The Hall–Kier alpha value is -2.77. The molecule has 114 valence electrons. The van der Waals surface area contributed by atoms with Crippen LogP contribution in [0.5, 0.6) is 5.75 Å². The van der Waals surface area contributed by atoms with Crippen LogP contribution in [-0.2, 0) is 4.79 Å². The molecule has 0 aliphatic carbocycles. The molecule has 8 nitrogen and oxygen atoms in total. The topological polar surface area (TPSA) is 141 Å². The molecule has 0 spiro atoms. The zero-order valence-electron chi connectivity index (χ0n) is 12.3. The standard InChI is InChI=1S/C13H20N6O2/c1-7(2)11(20)18-9-5-4-8(6-10(9)21-3)17-13(16)19-12(14)15/h4-7H,1-3H3,(H,18,20)(H6,14,15,16,17,19). The van der Waals surface area contributed by atoms with Gasteiger partial charge in [0.05, 0.1) is 18.5 Å². The van der Waals surface area contributed by atoms with Gasteiger partial charge in [-0.1, -0.05) is 13.8 Å². The fraction of sp³-hybridized carbons (Fsp3) is 0.308. The second kappa shape index (κ2) is 7.13. The molecule has 1 amide bonds. The van der Waals surface area contributed by atoms with Gasteiger partial charge in [0.1, 0.15) is 5.75 Å². The van der Waals surface area contributed by atoms with Gasteiger partial charge in [-0.15, -0.1) is 0 Å². The molecular weight excluding hydrogens is 272 g/mol. The minimum atomic E-state index is -0.177. The van der Waals surface area contributed by atoms with Crippen molar-refractivity contribution in [3.8, 4) is 5.75 Å². The number of ether oxygens (including phenoxy) is 1. The van der Waals surface area contributed by atoms with Crippen LogP contribution in [0.15, 0.2) is 28.2 Å². The number of hydrogen-bond acceptors (Lipinski definition) is 3. The molecule has 0 aromatic heterocycles. The number of methoxy groups -OCH3 is 1. The SMILES string of the molecule is COc1cc(N=C(N)N=C(N)N)ccc1NC(=O)C(C)C. The summed E-state index contributed by atoms with van der Waals surface area (Å²) in [7, 11) is 1.49. The number of benzene rings is 1. The minimum absolute atomic E-state index is 0.0731. The lowest BCUT2D eigenvalue weighted by molar-refractivity contribution is -0.118. The zero-order chi connectivity index (χ0) is 16.0. The number of amides is 1. The van der Waals surface area contributed by atoms with E-state index in [-0.39, 0.29) is 23.7 Å². The Balaban J connectivity index is 3.04. The fourth-order valence-electron chi connectivity index (χ4n) is 1.42. The summed E-state index contributed by atoms with van der Waals surface area (Å²) in [6.07, 6.45) is 0. The second-order valence-corrected chi connectivity index (χ2v) is 4.54. The number of carbonyl (C=O) groups excluding carboxylic acids is 1. The van der Waals surface area contributed by atoms with E-state index in [0.29, 0.717) is 17.1 Å². The number of aliphatic imine (C=N–C) groups is 2. The van der Waals surface area contributed by atoms with Crippen molar-refractivity contribution in [2.45, 2.75) is 13.8 Å². The number of anilines is 1. The summed E-state index contributed by atoms with van der Waals surface area (Å²) < 4.78 is 5.22. The van der Waals surface area contributed by atoms with Crippen LogP contribution in [0, 0.1) is 5.92 Å². The maximum Gasteiger partial charge on any atom is 0.227 e. The lowest BCUT2D eigenvalue weighted by atomic mass is 10.2. The quantitative estimate of drug-likeness (QED) is 0.472. The van der Waals surface area contributed by atoms with Crippen molar-refractivity contribution in [2.75, 3.05) is 12.4 Å². The second-order valence-electron chi connectivity index (χ2n) is 4.54. The summed E-state index contributed by atoms with van der Waals surface area (Å²) in [6, 6.07) is 4.94. The van der Waals surface area contributed by atoms with Crippen molar-refractivity contribution < 1.29 is 9.53 Å². The number of rotatable bonds is 4. The van der Waals surface area contributed by atoms with E-state index in [1.54, 1.807) is 32.0 Å². The number of nitrogens with zero attached hydrogens (tertiary/aromatic N) is 2. The van der Waals surface area contributed by atoms with E-state index in [1.165, 1.54) is 7.11 Å². The van der Waals surface area contributed by atoms with Crippen molar-refractivity contribution in [2.24, 2.45) is 33.1 Å². The van der Waals surface area contributed by atoms with Crippen molar-refractivity contribution in [3.63, 3.8) is 0 Å². The molecule has 0 radical (unpaired) electrons. The Labute approximate surface area is 123 Å². The first-order chi connectivity index (χ1) is 9.83. The highest BCUT2D eigenvalue weighted by molar-refractivity contribution is 5.95. The van der Waals surface area contributed by atoms with E-state index in [1.807, 2.05) is 0 Å². The van der Waals surface area contributed by atoms with E-state index in [4.69, 9.17) is 21.9 Å². The van der Waals surface area contributed by atoms with Crippen LogP contribution in [0.1, 0.15) is 13.8 Å². The highest BCUT2D eigenvalue weighted by atomic mass is 16.5. The maximum absolute atomic E-state index is 11.7. The molecule has 0 atom stereocenters. The molecule has 1 aromatic rings. The maximum atomic E-state index is 11.7. The van der Waals surface area contributed by atoms with Gasteiger partial charge in [0, 0.05) is 12.0 Å². The monoisotopic (exact) mass is 292 g/mol. The lowest BCUT2D eigenvalue weighted by Gasteiger charge is -2.12. The number of carbonyl (C=O) groups is 1. The molecule has 0 heterocycles. The van der Waals surface area contributed by atoms with Crippen LogP contribution >= 0.6 is 0 Å². The molecule has 0 aliphatic heterocycles. The van der Waals surface area contributed by atoms with E-state index >= 15 is 0 Å². The van der Waals surface area contributed by atoms with Gasteiger partial charge in [-0.3, -0.25) is 4.79 Å². The number of guanidine groups is 2. The first-order valence-corrected chi connectivity index (χ1v) is 6.26.